The second-order valence-electron chi connectivity index (χ2n) is 4.87. The maximum absolute atomic E-state index is 12.0. The van der Waals surface area contributed by atoms with Crippen LogP contribution >= 0.6 is 0 Å². The van der Waals surface area contributed by atoms with E-state index in [9.17, 15) is 4.79 Å². The monoisotopic (exact) mass is 286 g/mol. The Morgan fingerprint density at radius 1 is 1.24 bits per heavy atom. The Bertz CT molecular complexity index is 585. The molecule has 0 aliphatic rings. The summed E-state index contributed by atoms with van der Waals surface area (Å²) in [4.78, 5) is 18.4. The average Bonchev–Trinajstić information content (AvgIpc) is 2.87. The van der Waals surface area contributed by atoms with Crippen molar-refractivity contribution in [3.05, 3.63) is 42.5 Å². The number of benzene rings is 1. The zero-order valence-electron chi connectivity index (χ0n) is 12.8. The van der Waals surface area contributed by atoms with Crippen molar-refractivity contribution < 1.29 is 4.79 Å². The van der Waals surface area contributed by atoms with E-state index in [1.165, 1.54) is 5.69 Å². The zero-order chi connectivity index (χ0) is 15.2. The molecule has 0 radical (unpaired) electrons. The number of carbonyl (C=O) groups is 1. The van der Waals surface area contributed by atoms with Gasteiger partial charge in [-0.25, -0.2) is 4.98 Å². The summed E-state index contributed by atoms with van der Waals surface area (Å²) in [6.45, 7) is 8.37. The van der Waals surface area contributed by atoms with Crippen molar-refractivity contribution in [2.24, 2.45) is 0 Å². The van der Waals surface area contributed by atoms with Crippen molar-refractivity contribution in [1.82, 2.24) is 9.55 Å². The molecule has 1 N–H and O–H groups in total. The summed E-state index contributed by atoms with van der Waals surface area (Å²) < 4.78 is 1.82. The highest BCUT2D eigenvalue weighted by atomic mass is 16.1. The lowest BCUT2D eigenvalue weighted by molar-refractivity contribution is -0.116. The molecule has 112 valence electrons. The summed E-state index contributed by atoms with van der Waals surface area (Å²) >= 11 is 0. The van der Waals surface area contributed by atoms with Gasteiger partial charge in [0.2, 0.25) is 5.91 Å². The third-order valence-electron chi connectivity index (χ3n) is 3.52. The number of nitrogens with one attached hydrogen (secondary N) is 1. The average molecular weight is 286 g/mol. The first kappa shape index (κ1) is 15.1. The molecule has 21 heavy (non-hydrogen) atoms. The van der Waals surface area contributed by atoms with Crippen LogP contribution in [0.5, 0.6) is 0 Å². The third kappa shape index (κ3) is 3.84. The summed E-state index contributed by atoms with van der Waals surface area (Å²) in [6, 6.07) is 7.94. The van der Waals surface area contributed by atoms with Gasteiger partial charge in [-0.1, -0.05) is 0 Å². The second kappa shape index (κ2) is 6.92. The van der Waals surface area contributed by atoms with Crippen LogP contribution in [0.4, 0.5) is 11.4 Å². The smallest absolute Gasteiger partial charge is 0.244 e. The van der Waals surface area contributed by atoms with Crippen molar-refractivity contribution >= 4 is 17.3 Å². The van der Waals surface area contributed by atoms with Gasteiger partial charge < -0.3 is 14.8 Å². The molecule has 0 bridgehead atoms. The SMILES string of the molecule is CCN(CC)c1ccc(NC(=O)Cn2ccnc2C)cc1. The molecule has 0 unspecified atom stereocenters. The van der Waals surface area contributed by atoms with Gasteiger partial charge in [0.05, 0.1) is 0 Å². The lowest BCUT2D eigenvalue weighted by atomic mass is 10.2. The van der Waals surface area contributed by atoms with Gasteiger partial charge in [0.15, 0.2) is 0 Å². The van der Waals surface area contributed by atoms with Crippen LogP contribution in [0.2, 0.25) is 0 Å². The van der Waals surface area contributed by atoms with Crippen LogP contribution in [0.1, 0.15) is 19.7 Å². The van der Waals surface area contributed by atoms with Crippen LogP contribution in [0.25, 0.3) is 0 Å². The molecule has 2 aromatic rings. The van der Waals surface area contributed by atoms with Crippen LogP contribution in [-0.4, -0.2) is 28.5 Å². The number of hydrogen-bond acceptors (Lipinski definition) is 3. The Morgan fingerprint density at radius 2 is 1.90 bits per heavy atom. The number of anilines is 2. The van der Waals surface area contributed by atoms with Gasteiger partial charge in [-0.3, -0.25) is 4.79 Å². The summed E-state index contributed by atoms with van der Waals surface area (Å²) in [7, 11) is 0. The fraction of sp³-hybridized carbons (Fsp3) is 0.375. The molecule has 0 fully saturated rings. The standard InChI is InChI=1S/C16H22N4O/c1-4-19(5-2)15-8-6-14(7-9-15)18-16(21)12-20-11-10-17-13(20)3/h6-11H,4-5,12H2,1-3H3,(H,18,21). The third-order valence-corrected chi connectivity index (χ3v) is 3.52. The van der Waals surface area contributed by atoms with Crippen LogP contribution in [0.3, 0.4) is 0 Å². The summed E-state index contributed by atoms with van der Waals surface area (Å²) in [6.07, 6.45) is 3.50. The van der Waals surface area contributed by atoms with E-state index in [-0.39, 0.29) is 12.5 Å². The first-order valence-corrected chi connectivity index (χ1v) is 7.26. The minimum absolute atomic E-state index is 0.0494. The van der Waals surface area contributed by atoms with E-state index in [4.69, 9.17) is 0 Å². The maximum atomic E-state index is 12.0. The quantitative estimate of drug-likeness (QED) is 0.888. The van der Waals surface area contributed by atoms with Gasteiger partial charge in [-0.05, 0) is 45.0 Å². The van der Waals surface area contributed by atoms with Crippen molar-refractivity contribution in [2.45, 2.75) is 27.3 Å². The van der Waals surface area contributed by atoms with Crippen molar-refractivity contribution in [3.8, 4) is 0 Å². The van der Waals surface area contributed by atoms with Crippen molar-refractivity contribution in [2.75, 3.05) is 23.3 Å². The van der Waals surface area contributed by atoms with E-state index in [1.807, 2.05) is 35.8 Å². The Kier molecular flexibility index (Phi) is 4.98. The molecule has 2 rings (SSSR count). The molecule has 5 nitrogen and oxygen atoms in total. The summed E-state index contributed by atoms with van der Waals surface area (Å²) in [5.74, 6) is 0.786. The fourth-order valence-corrected chi connectivity index (χ4v) is 2.27. The molecule has 0 saturated carbocycles. The number of hydrogen-bond donors (Lipinski definition) is 1. The Morgan fingerprint density at radius 3 is 2.43 bits per heavy atom. The fourth-order valence-electron chi connectivity index (χ4n) is 2.27. The highest BCUT2D eigenvalue weighted by Gasteiger charge is 2.06. The highest BCUT2D eigenvalue weighted by molar-refractivity contribution is 5.90. The number of nitrogens with zero attached hydrogens (tertiary/aromatic N) is 3. The first-order chi connectivity index (χ1) is 10.1. The van der Waals surface area contributed by atoms with E-state index < -0.39 is 0 Å². The van der Waals surface area contributed by atoms with Gasteiger partial charge in [-0.2, -0.15) is 0 Å². The molecule has 0 atom stereocenters. The van der Waals surface area contributed by atoms with Crippen LogP contribution < -0.4 is 10.2 Å². The molecule has 1 heterocycles. The normalized spacial score (nSPS) is 10.4. The predicted octanol–water partition coefficient (Wildman–Crippen LogP) is 2.68. The van der Waals surface area contributed by atoms with E-state index in [0.717, 1.165) is 24.6 Å². The lowest BCUT2D eigenvalue weighted by Gasteiger charge is -2.21. The maximum Gasteiger partial charge on any atom is 0.244 e. The van der Waals surface area contributed by atoms with Gasteiger partial charge in [0.1, 0.15) is 12.4 Å². The van der Waals surface area contributed by atoms with Gasteiger partial charge in [0.25, 0.3) is 0 Å². The largest absolute Gasteiger partial charge is 0.372 e. The van der Waals surface area contributed by atoms with E-state index in [2.05, 4.69) is 29.0 Å². The number of aromatic nitrogens is 2. The van der Waals surface area contributed by atoms with Crippen molar-refractivity contribution in [3.63, 3.8) is 0 Å². The van der Waals surface area contributed by atoms with Gasteiger partial charge in [-0.15, -0.1) is 0 Å². The molecular formula is C16H22N4O. The summed E-state index contributed by atoms with van der Waals surface area (Å²) in [5, 5.41) is 2.90. The van der Waals surface area contributed by atoms with Crippen LogP contribution in [0, 0.1) is 6.92 Å². The zero-order valence-corrected chi connectivity index (χ0v) is 12.8. The molecule has 1 aromatic carbocycles. The number of imidazole rings is 1. The first-order valence-electron chi connectivity index (χ1n) is 7.26. The Balaban J connectivity index is 1.97. The Hall–Kier alpha value is -2.30. The molecule has 5 heteroatoms. The van der Waals surface area contributed by atoms with E-state index in [0.29, 0.717) is 0 Å². The number of carbonyl (C=O) groups excluding carboxylic acids is 1. The summed E-state index contributed by atoms with van der Waals surface area (Å²) in [5.41, 5.74) is 1.98. The number of aryl methyl sites for hydroxylation is 1. The van der Waals surface area contributed by atoms with E-state index >= 15 is 0 Å². The van der Waals surface area contributed by atoms with E-state index in [1.54, 1.807) is 12.4 Å². The number of rotatable bonds is 6. The molecular weight excluding hydrogens is 264 g/mol. The lowest BCUT2D eigenvalue weighted by Crippen LogP contribution is -2.22. The molecule has 0 spiro atoms. The van der Waals surface area contributed by atoms with Gasteiger partial charge in [0, 0.05) is 36.9 Å². The minimum atomic E-state index is -0.0494. The molecule has 0 aliphatic carbocycles. The number of amides is 1. The predicted molar refractivity (Wildman–Crippen MR) is 85.6 cm³/mol. The molecule has 1 aromatic heterocycles. The van der Waals surface area contributed by atoms with Crippen LogP contribution in [0.15, 0.2) is 36.7 Å². The minimum Gasteiger partial charge on any atom is -0.372 e. The molecule has 1 amide bonds. The highest BCUT2D eigenvalue weighted by Crippen LogP contribution is 2.17. The van der Waals surface area contributed by atoms with Crippen molar-refractivity contribution in [1.29, 1.82) is 0 Å². The Labute approximate surface area is 125 Å². The molecule has 0 saturated heterocycles. The second-order valence-corrected chi connectivity index (χ2v) is 4.87. The van der Waals surface area contributed by atoms with Gasteiger partial charge >= 0.3 is 0 Å². The van der Waals surface area contributed by atoms with Crippen LogP contribution in [-0.2, 0) is 11.3 Å². The topological polar surface area (TPSA) is 50.2 Å². The molecule has 0 aliphatic heterocycles.